The van der Waals surface area contributed by atoms with Crippen LogP contribution in [0.1, 0.15) is 57.6 Å². The van der Waals surface area contributed by atoms with Gasteiger partial charge in [0.15, 0.2) is 6.61 Å². The third-order valence-corrected chi connectivity index (χ3v) is 4.02. The van der Waals surface area contributed by atoms with Gasteiger partial charge in [-0.25, -0.2) is 0 Å². The second kappa shape index (κ2) is 6.50. The molecule has 3 heteroatoms. The summed E-state index contributed by atoms with van der Waals surface area (Å²) >= 11 is 0. The molecule has 0 bridgehead atoms. The zero-order valence-electron chi connectivity index (χ0n) is 13.7. The first-order valence-electron chi connectivity index (χ1n) is 7.89. The highest BCUT2D eigenvalue weighted by Crippen LogP contribution is 2.32. The van der Waals surface area contributed by atoms with E-state index in [0.29, 0.717) is 6.04 Å². The van der Waals surface area contributed by atoms with Crippen molar-refractivity contribution in [1.29, 1.82) is 0 Å². The quantitative estimate of drug-likeness (QED) is 0.917. The number of hydrogen-bond acceptors (Lipinski definition) is 2. The van der Waals surface area contributed by atoms with E-state index >= 15 is 0 Å². The molecule has 1 saturated carbocycles. The molecule has 0 heterocycles. The number of aryl methyl sites for hydroxylation is 1. The van der Waals surface area contributed by atoms with Gasteiger partial charge in [0.05, 0.1) is 0 Å². The van der Waals surface area contributed by atoms with E-state index in [1.165, 1.54) is 12.8 Å². The summed E-state index contributed by atoms with van der Waals surface area (Å²) in [6.45, 7) is 8.61. The predicted molar refractivity (Wildman–Crippen MR) is 85.8 cm³/mol. The van der Waals surface area contributed by atoms with Crippen LogP contribution in [0.2, 0.25) is 0 Å². The number of benzene rings is 1. The molecule has 1 amide bonds. The second-order valence-electron chi connectivity index (χ2n) is 7.09. The number of hydrogen-bond donors (Lipinski definition) is 1. The molecule has 3 nitrogen and oxygen atoms in total. The summed E-state index contributed by atoms with van der Waals surface area (Å²) in [5.74, 6) is 0.812. The Hall–Kier alpha value is -1.51. The van der Waals surface area contributed by atoms with Gasteiger partial charge >= 0.3 is 0 Å². The van der Waals surface area contributed by atoms with Crippen molar-refractivity contribution in [1.82, 2.24) is 5.32 Å². The highest BCUT2D eigenvalue weighted by Gasteiger charge is 2.21. The van der Waals surface area contributed by atoms with E-state index < -0.39 is 0 Å². The molecule has 1 aliphatic carbocycles. The summed E-state index contributed by atoms with van der Waals surface area (Å²) in [7, 11) is 0. The Kier molecular flexibility index (Phi) is 4.92. The van der Waals surface area contributed by atoms with Crippen molar-refractivity contribution in [3.8, 4) is 5.75 Å². The number of carbonyl (C=O) groups excluding carboxylic acids is 1. The van der Waals surface area contributed by atoms with E-state index in [9.17, 15) is 4.79 Å². The first kappa shape index (κ1) is 15.9. The van der Waals surface area contributed by atoms with E-state index in [-0.39, 0.29) is 17.9 Å². The third-order valence-electron chi connectivity index (χ3n) is 4.02. The molecule has 0 unspecified atom stereocenters. The number of ether oxygens (including phenoxy) is 1. The van der Waals surface area contributed by atoms with Gasteiger partial charge in [0, 0.05) is 6.04 Å². The first-order chi connectivity index (χ1) is 9.86. The normalized spacial score (nSPS) is 16.0. The summed E-state index contributed by atoms with van der Waals surface area (Å²) in [5, 5.41) is 3.06. The molecule has 0 aliphatic heterocycles. The smallest absolute Gasteiger partial charge is 0.258 e. The number of nitrogens with one attached hydrogen (secondary N) is 1. The van der Waals surface area contributed by atoms with Gasteiger partial charge in [-0.1, -0.05) is 45.7 Å². The number of rotatable bonds is 4. The maximum atomic E-state index is 12.0. The third kappa shape index (κ3) is 4.48. The van der Waals surface area contributed by atoms with Crippen LogP contribution in [-0.4, -0.2) is 18.6 Å². The van der Waals surface area contributed by atoms with Crippen LogP contribution in [0.15, 0.2) is 18.2 Å². The van der Waals surface area contributed by atoms with Crippen LogP contribution < -0.4 is 10.1 Å². The molecular formula is C18H27NO2. The van der Waals surface area contributed by atoms with E-state index in [1.54, 1.807) is 0 Å². The van der Waals surface area contributed by atoms with Crippen LogP contribution in [0, 0.1) is 6.92 Å². The van der Waals surface area contributed by atoms with Gasteiger partial charge in [0.2, 0.25) is 0 Å². The summed E-state index contributed by atoms with van der Waals surface area (Å²) < 4.78 is 5.80. The van der Waals surface area contributed by atoms with Gasteiger partial charge in [0.25, 0.3) is 5.91 Å². The van der Waals surface area contributed by atoms with Crippen molar-refractivity contribution in [3.05, 3.63) is 29.3 Å². The van der Waals surface area contributed by atoms with Crippen LogP contribution in [0.5, 0.6) is 5.75 Å². The van der Waals surface area contributed by atoms with Crippen molar-refractivity contribution in [2.75, 3.05) is 6.61 Å². The molecule has 0 radical (unpaired) electrons. The minimum absolute atomic E-state index is 0.00492. The molecule has 21 heavy (non-hydrogen) atoms. The summed E-state index contributed by atoms with van der Waals surface area (Å²) in [6.07, 6.45) is 4.64. The van der Waals surface area contributed by atoms with Crippen LogP contribution >= 0.6 is 0 Å². The molecule has 1 aromatic rings. The standard InChI is InChI=1S/C18H27NO2/c1-13-9-10-15(18(2,3)4)16(11-13)21-12-17(20)19-14-7-5-6-8-14/h9-11,14H,5-8,12H2,1-4H3,(H,19,20). The summed E-state index contributed by atoms with van der Waals surface area (Å²) in [5.41, 5.74) is 2.29. The van der Waals surface area contributed by atoms with Crippen LogP contribution in [-0.2, 0) is 10.2 Å². The molecular weight excluding hydrogens is 262 g/mol. The molecule has 0 aromatic heterocycles. The average Bonchev–Trinajstić information content (AvgIpc) is 2.87. The average molecular weight is 289 g/mol. The Labute approximate surface area is 128 Å². The van der Waals surface area contributed by atoms with E-state index in [2.05, 4.69) is 38.2 Å². The topological polar surface area (TPSA) is 38.3 Å². The monoisotopic (exact) mass is 289 g/mol. The minimum Gasteiger partial charge on any atom is -0.483 e. The SMILES string of the molecule is Cc1ccc(C(C)(C)C)c(OCC(=O)NC2CCCC2)c1. The lowest BCUT2D eigenvalue weighted by atomic mass is 9.86. The lowest BCUT2D eigenvalue weighted by Crippen LogP contribution is -2.36. The Morgan fingerprint density at radius 2 is 1.95 bits per heavy atom. The zero-order chi connectivity index (χ0) is 15.5. The molecule has 116 valence electrons. The zero-order valence-corrected chi connectivity index (χ0v) is 13.7. The van der Waals surface area contributed by atoms with Crippen molar-refractivity contribution in [2.24, 2.45) is 0 Å². The van der Waals surface area contributed by atoms with E-state index in [0.717, 1.165) is 29.7 Å². The molecule has 0 spiro atoms. The van der Waals surface area contributed by atoms with E-state index in [4.69, 9.17) is 4.74 Å². The lowest BCUT2D eigenvalue weighted by Gasteiger charge is -2.23. The fraction of sp³-hybridized carbons (Fsp3) is 0.611. The van der Waals surface area contributed by atoms with Crippen LogP contribution in [0.4, 0.5) is 0 Å². The highest BCUT2D eigenvalue weighted by molar-refractivity contribution is 5.77. The summed E-state index contributed by atoms with van der Waals surface area (Å²) in [6, 6.07) is 6.55. The van der Waals surface area contributed by atoms with Crippen LogP contribution in [0.3, 0.4) is 0 Å². The van der Waals surface area contributed by atoms with E-state index in [1.807, 2.05) is 13.0 Å². The fourth-order valence-electron chi connectivity index (χ4n) is 2.85. The first-order valence-corrected chi connectivity index (χ1v) is 7.89. The Morgan fingerprint density at radius 3 is 2.57 bits per heavy atom. The molecule has 1 fully saturated rings. The van der Waals surface area contributed by atoms with Crippen LogP contribution in [0.25, 0.3) is 0 Å². The molecule has 1 aromatic carbocycles. The van der Waals surface area contributed by atoms with Gasteiger partial charge < -0.3 is 10.1 Å². The Morgan fingerprint density at radius 1 is 1.29 bits per heavy atom. The largest absolute Gasteiger partial charge is 0.483 e. The van der Waals surface area contributed by atoms with Gasteiger partial charge in [-0.15, -0.1) is 0 Å². The van der Waals surface area contributed by atoms with Gasteiger partial charge in [-0.05, 0) is 42.4 Å². The Balaban J connectivity index is 1.98. The fourth-order valence-corrected chi connectivity index (χ4v) is 2.85. The van der Waals surface area contributed by atoms with Gasteiger partial charge in [-0.3, -0.25) is 4.79 Å². The molecule has 2 rings (SSSR count). The summed E-state index contributed by atoms with van der Waals surface area (Å²) in [4.78, 5) is 12.0. The molecule has 0 saturated heterocycles. The van der Waals surface area contributed by atoms with Crippen molar-refractivity contribution < 1.29 is 9.53 Å². The number of carbonyl (C=O) groups is 1. The van der Waals surface area contributed by atoms with Gasteiger partial charge in [0.1, 0.15) is 5.75 Å². The maximum absolute atomic E-state index is 12.0. The lowest BCUT2D eigenvalue weighted by molar-refractivity contribution is -0.123. The second-order valence-corrected chi connectivity index (χ2v) is 7.09. The predicted octanol–water partition coefficient (Wildman–Crippen LogP) is 3.73. The molecule has 1 N–H and O–H groups in total. The molecule has 1 aliphatic rings. The highest BCUT2D eigenvalue weighted by atomic mass is 16.5. The maximum Gasteiger partial charge on any atom is 0.258 e. The van der Waals surface area contributed by atoms with Crippen molar-refractivity contribution >= 4 is 5.91 Å². The number of amides is 1. The Bertz CT molecular complexity index is 496. The molecule has 0 atom stereocenters. The van der Waals surface area contributed by atoms with Crippen molar-refractivity contribution in [2.45, 2.75) is 64.8 Å². The van der Waals surface area contributed by atoms with Crippen molar-refractivity contribution in [3.63, 3.8) is 0 Å². The minimum atomic E-state index is -0.0109. The van der Waals surface area contributed by atoms with Gasteiger partial charge in [-0.2, -0.15) is 0 Å².